The summed E-state index contributed by atoms with van der Waals surface area (Å²) in [5, 5.41) is 0. The highest BCUT2D eigenvalue weighted by Crippen LogP contribution is 2.78. The number of epoxide rings is 1. The van der Waals surface area contributed by atoms with Crippen molar-refractivity contribution in [2.75, 3.05) is 0 Å². The van der Waals surface area contributed by atoms with Gasteiger partial charge in [-0.3, -0.25) is 14.4 Å². The molecular weight excluding hydrogens is 370 g/mol. The molecule has 6 heteroatoms. The van der Waals surface area contributed by atoms with Crippen molar-refractivity contribution in [1.29, 1.82) is 0 Å². The molecule has 0 radical (unpaired) electrons. The van der Waals surface area contributed by atoms with Crippen LogP contribution in [0.25, 0.3) is 0 Å². The van der Waals surface area contributed by atoms with E-state index in [0.717, 1.165) is 37.7 Å². The van der Waals surface area contributed by atoms with Crippen LogP contribution in [0.15, 0.2) is 11.6 Å². The Bertz CT molecular complexity index is 896. The van der Waals surface area contributed by atoms with E-state index in [0.29, 0.717) is 19.3 Å². The number of hydrogen-bond donors (Lipinski definition) is 1. The first kappa shape index (κ1) is 18.1. The second-order valence-electron chi connectivity index (χ2n) is 10.8. The van der Waals surface area contributed by atoms with E-state index in [2.05, 4.69) is 13.8 Å². The lowest BCUT2D eigenvalue weighted by molar-refractivity contribution is -0.167. The standard InChI is InChI=1S/C23H29NO5/c1-20-6-3-13(25)9-12(20)10-14(19(24)27)18-15-4-7-22(8-5-17(26)29-22)21(15,2)11-16-23(18,20)28-16/h9,14-16,18H,3-8,10-11H2,1-2H3,(H2,24,27)/t14?,15?,16-,18?,20-,21-,22+,23?/m0/s1. The van der Waals surface area contributed by atoms with Crippen molar-refractivity contribution >= 4 is 17.7 Å². The van der Waals surface area contributed by atoms with Crippen LogP contribution in [0, 0.1) is 28.6 Å². The third-order valence-corrected chi connectivity index (χ3v) is 10.1. The molecule has 4 aliphatic carbocycles. The number of fused-ring (bicyclic) bond motifs is 4. The van der Waals surface area contributed by atoms with Crippen molar-refractivity contribution in [2.24, 2.45) is 34.3 Å². The monoisotopic (exact) mass is 399 g/mol. The first-order valence-corrected chi connectivity index (χ1v) is 11.1. The Morgan fingerprint density at radius 2 is 1.97 bits per heavy atom. The Kier molecular flexibility index (Phi) is 3.20. The molecule has 3 saturated carbocycles. The predicted octanol–water partition coefficient (Wildman–Crippen LogP) is 2.44. The van der Waals surface area contributed by atoms with Gasteiger partial charge in [0.05, 0.1) is 6.10 Å². The summed E-state index contributed by atoms with van der Waals surface area (Å²) in [6, 6.07) is 0. The van der Waals surface area contributed by atoms with E-state index < -0.39 is 11.2 Å². The number of carbonyl (C=O) groups is 3. The summed E-state index contributed by atoms with van der Waals surface area (Å²) in [5.41, 5.74) is 5.77. The van der Waals surface area contributed by atoms with Gasteiger partial charge in [0, 0.05) is 35.5 Å². The number of primary amides is 1. The lowest BCUT2D eigenvalue weighted by atomic mass is 9.43. The Hall–Kier alpha value is -1.69. The summed E-state index contributed by atoms with van der Waals surface area (Å²) in [4.78, 5) is 36.9. The Labute approximate surface area is 170 Å². The molecule has 0 aromatic rings. The van der Waals surface area contributed by atoms with Gasteiger partial charge in [-0.25, -0.2) is 0 Å². The van der Waals surface area contributed by atoms with Gasteiger partial charge in [0.2, 0.25) is 5.91 Å². The van der Waals surface area contributed by atoms with Crippen molar-refractivity contribution in [3.05, 3.63) is 11.6 Å². The van der Waals surface area contributed by atoms with Gasteiger partial charge < -0.3 is 15.2 Å². The normalized spacial score (nSPS) is 54.8. The lowest BCUT2D eigenvalue weighted by Crippen LogP contribution is -2.63. The molecule has 2 N–H and O–H groups in total. The molecule has 1 amide bonds. The Morgan fingerprint density at radius 1 is 1.17 bits per heavy atom. The van der Waals surface area contributed by atoms with Gasteiger partial charge >= 0.3 is 5.97 Å². The van der Waals surface area contributed by atoms with Crippen LogP contribution < -0.4 is 5.73 Å². The maximum Gasteiger partial charge on any atom is 0.306 e. The average Bonchev–Trinajstić information content (AvgIpc) is 3.14. The molecule has 2 aliphatic heterocycles. The molecule has 2 heterocycles. The maximum absolute atomic E-state index is 12.7. The van der Waals surface area contributed by atoms with Crippen LogP contribution in [0.3, 0.4) is 0 Å². The van der Waals surface area contributed by atoms with E-state index in [-0.39, 0.29) is 52.3 Å². The van der Waals surface area contributed by atoms with Crippen molar-refractivity contribution in [2.45, 2.75) is 82.5 Å². The molecule has 4 unspecified atom stereocenters. The van der Waals surface area contributed by atoms with Gasteiger partial charge in [0.1, 0.15) is 11.2 Å². The molecule has 2 saturated heterocycles. The van der Waals surface area contributed by atoms with Crippen LogP contribution in [-0.4, -0.2) is 35.0 Å². The summed E-state index contributed by atoms with van der Waals surface area (Å²) in [6.45, 7) is 4.49. The van der Waals surface area contributed by atoms with Gasteiger partial charge in [-0.1, -0.05) is 19.4 Å². The number of hydrogen-bond acceptors (Lipinski definition) is 5. The smallest absolute Gasteiger partial charge is 0.306 e. The molecule has 5 fully saturated rings. The van der Waals surface area contributed by atoms with Crippen molar-refractivity contribution < 1.29 is 23.9 Å². The fourth-order valence-corrected chi connectivity index (χ4v) is 8.58. The van der Waals surface area contributed by atoms with Crippen LogP contribution in [-0.2, 0) is 23.9 Å². The summed E-state index contributed by atoms with van der Waals surface area (Å²) in [6.07, 6.45) is 7.57. The number of rotatable bonds is 1. The van der Waals surface area contributed by atoms with E-state index in [1.807, 2.05) is 0 Å². The zero-order chi connectivity index (χ0) is 20.4. The van der Waals surface area contributed by atoms with Gasteiger partial charge in [0.15, 0.2) is 5.78 Å². The minimum Gasteiger partial charge on any atom is -0.458 e. The van der Waals surface area contributed by atoms with Crippen molar-refractivity contribution in [3.8, 4) is 0 Å². The molecule has 0 aromatic carbocycles. The second kappa shape index (κ2) is 5.13. The zero-order valence-electron chi connectivity index (χ0n) is 17.2. The fourth-order valence-electron chi connectivity index (χ4n) is 8.58. The highest BCUT2D eigenvalue weighted by atomic mass is 16.6. The maximum atomic E-state index is 12.7. The number of esters is 1. The first-order valence-electron chi connectivity index (χ1n) is 11.1. The Morgan fingerprint density at radius 3 is 2.66 bits per heavy atom. The molecule has 8 atom stereocenters. The van der Waals surface area contributed by atoms with E-state index in [1.54, 1.807) is 6.08 Å². The summed E-state index contributed by atoms with van der Waals surface area (Å²) in [5.74, 6) is -0.316. The molecule has 6 nitrogen and oxygen atoms in total. The van der Waals surface area contributed by atoms with E-state index >= 15 is 0 Å². The second-order valence-corrected chi connectivity index (χ2v) is 10.8. The van der Waals surface area contributed by atoms with Crippen molar-refractivity contribution in [1.82, 2.24) is 0 Å². The van der Waals surface area contributed by atoms with Crippen LogP contribution in [0.5, 0.6) is 0 Å². The SMILES string of the molecule is C[C@]12CCC(=O)C=C1CC(C(N)=O)C1C3CC[C@@]4(CCC(=O)O4)[C@@]3(C)C[C@@H]3OC132. The number of carbonyl (C=O) groups excluding carboxylic acids is 3. The number of amides is 1. The molecular formula is C23H29NO5. The van der Waals surface area contributed by atoms with Gasteiger partial charge in [0.25, 0.3) is 0 Å². The van der Waals surface area contributed by atoms with E-state index in [1.165, 1.54) is 0 Å². The predicted molar refractivity (Wildman–Crippen MR) is 102 cm³/mol. The van der Waals surface area contributed by atoms with Gasteiger partial charge in [-0.15, -0.1) is 0 Å². The zero-order valence-corrected chi connectivity index (χ0v) is 17.2. The average molecular weight is 399 g/mol. The van der Waals surface area contributed by atoms with E-state index in [4.69, 9.17) is 15.2 Å². The van der Waals surface area contributed by atoms with Crippen LogP contribution in [0.1, 0.15) is 65.2 Å². The number of ketones is 1. The summed E-state index contributed by atoms with van der Waals surface area (Å²) >= 11 is 0. The van der Waals surface area contributed by atoms with Gasteiger partial charge in [-0.05, 0) is 50.5 Å². The van der Waals surface area contributed by atoms with Crippen LogP contribution >= 0.6 is 0 Å². The minimum atomic E-state index is -0.422. The summed E-state index contributed by atoms with van der Waals surface area (Å²) in [7, 11) is 0. The fraction of sp³-hybridized carbons (Fsp3) is 0.783. The first-order chi connectivity index (χ1) is 13.7. The molecule has 0 bridgehead atoms. The van der Waals surface area contributed by atoms with Crippen LogP contribution in [0.4, 0.5) is 0 Å². The third-order valence-electron chi connectivity index (χ3n) is 10.1. The molecule has 6 rings (SSSR count). The van der Waals surface area contributed by atoms with E-state index in [9.17, 15) is 14.4 Å². The third kappa shape index (κ3) is 1.86. The van der Waals surface area contributed by atoms with Crippen LogP contribution in [0.2, 0.25) is 0 Å². The quantitative estimate of drug-likeness (QED) is 0.539. The number of nitrogens with two attached hydrogens (primary N) is 1. The van der Waals surface area contributed by atoms with Crippen molar-refractivity contribution in [3.63, 3.8) is 0 Å². The Balaban J connectivity index is 1.49. The highest BCUT2D eigenvalue weighted by Gasteiger charge is 2.83. The highest BCUT2D eigenvalue weighted by molar-refractivity contribution is 5.92. The number of ether oxygens (including phenoxy) is 2. The lowest BCUT2D eigenvalue weighted by Gasteiger charge is -2.58. The largest absolute Gasteiger partial charge is 0.458 e. The molecule has 156 valence electrons. The summed E-state index contributed by atoms with van der Waals surface area (Å²) < 4.78 is 12.6. The molecule has 0 aromatic heterocycles. The molecule has 2 spiro atoms. The van der Waals surface area contributed by atoms with Gasteiger partial charge in [-0.2, -0.15) is 0 Å². The molecule has 29 heavy (non-hydrogen) atoms. The molecule has 6 aliphatic rings. The minimum absolute atomic E-state index is 0.0257. The topological polar surface area (TPSA) is 99.0 Å².